The zero-order valence-corrected chi connectivity index (χ0v) is 15.4. The van der Waals surface area contributed by atoms with Crippen LogP contribution < -0.4 is 0 Å². The van der Waals surface area contributed by atoms with Crippen LogP contribution in [0.5, 0.6) is 0 Å². The number of nitrogens with zero attached hydrogens (tertiary/aromatic N) is 2. The van der Waals surface area contributed by atoms with E-state index >= 15 is 0 Å². The van der Waals surface area contributed by atoms with Crippen molar-refractivity contribution in [2.75, 3.05) is 20.7 Å². The maximum atomic E-state index is 10.5. The summed E-state index contributed by atoms with van der Waals surface area (Å²) in [4.78, 5) is 6.70. The van der Waals surface area contributed by atoms with Crippen LogP contribution in [0.2, 0.25) is 0 Å². The first-order chi connectivity index (χ1) is 10.9. The van der Waals surface area contributed by atoms with Crippen LogP contribution in [0.25, 0.3) is 0 Å². The SMILES string of the molecule is COC(C)c1nc(CN(C)CC(O)c2cc(C)cc(C)c2)cs1. The van der Waals surface area contributed by atoms with Gasteiger partial charge in [-0.15, -0.1) is 11.3 Å². The van der Waals surface area contributed by atoms with Gasteiger partial charge >= 0.3 is 0 Å². The first kappa shape index (κ1) is 18.1. The lowest BCUT2D eigenvalue weighted by Crippen LogP contribution is -2.24. The molecule has 0 radical (unpaired) electrons. The quantitative estimate of drug-likeness (QED) is 0.840. The topological polar surface area (TPSA) is 45.6 Å². The number of thiazole rings is 1. The average molecular weight is 334 g/mol. The highest BCUT2D eigenvalue weighted by Gasteiger charge is 2.14. The molecule has 0 spiro atoms. The molecule has 2 unspecified atom stereocenters. The molecule has 5 heteroatoms. The van der Waals surface area contributed by atoms with E-state index in [2.05, 4.69) is 35.2 Å². The Hall–Kier alpha value is -1.27. The molecule has 0 saturated carbocycles. The van der Waals surface area contributed by atoms with Crippen molar-refractivity contribution in [1.82, 2.24) is 9.88 Å². The van der Waals surface area contributed by atoms with Crippen molar-refractivity contribution in [2.45, 2.75) is 39.5 Å². The molecule has 23 heavy (non-hydrogen) atoms. The molecule has 1 heterocycles. The summed E-state index contributed by atoms with van der Waals surface area (Å²) in [5.74, 6) is 0. The number of rotatable bonds is 7. The van der Waals surface area contributed by atoms with Gasteiger partial charge in [0.2, 0.25) is 0 Å². The Morgan fingerprint density at radius 3 is 2.52 bits per heavy atom. The van der Waals surface area contributed by atoms with Crippen LogP contribution in [0.3, 0.4) is 0 Å². The van der Waals surface area contributed by atoms with Crippen LogP contribution in [-0.4, -0.2) is 35.7 Å². The zero-order valence-electron chi connectivity index (χ0n) is 14.5. The second-order valence-corrected chi connectivity index (χ2v) is 7.08. The van der Waals surface area contributed by atoms with Gasteiger partial charge in [0.25, 0.3) is 0 Å². The number of aromatic nitrogens is 1. The van der Waals surface area contributed by atoms with Gasteiger partial charge in [-0.3, -0.25) is 4.90 Å². The number of benzene rings is 1. The number of hydrogen-bond donors (Lipinski definition) is 1. The Bertz CT molecular complexity index is 621. The molecule has 126 valence electrons. The number of aryl methyl sites for hydroxylation is 2. The molecule has 2 atom stereocenters. The van der Waals surface area contributed by atoms with Gasteiger partial charge in [0, 0.05) is 25.6 Å². The summed E-state index contributed by atoms with van der Waals surface area (Å²) < 4.78 is 5.29. The van der Waals surface area contributed by atoms with Crippen molar-refractivity contribution in [3.8, 4) is 0 Å². The number of ether oxygens (including phenoxy) is 1. The van der Waals surface area contributed by atoms with Gasteiger partial charge in [-0.2, -0.15) is 0 Å². The summed E-state index contributed by atoms with van der Waals surface area (Å²) in [6, 6.07) is 6.22. The number of hydrogen-bond acceptors (Lipinski definition) is 5. The van der Waals surface area contributed by atoms with E-state index in [1.54, 1.807) is 18.4 Å². The van der Waals surface area contributed by atoms with Crippen molar-refractivity contribution in [3.05, 3.63) is 51.0 Å². The molecule has 0 aliphatic carbocycles. The third-order valence-corrected chi connectivity index (χ3v) is 4.87. The normalized spacial score (nSPS) is 14.2. The first-order valence-corrected chi connectivity index (χ1v) is 8.69. The van der Waals surface area contributed by atoms with Gasteiger partial charge in [-0.25, -0.2) is 4.98 Å². The lowest BCUT2D eigenvalue weighted by atomic mass is 10.0. The van der Waals surface area contributed by atoms with E-state index < -0.39 is 6.10 Å². The number of methoxy groups -OCH3 is 1. The molecule has 2 aromatic rings. The molecule has 0 aliphatic heterocycles. The van der Waals surface area contributed by atoms with Gasteiger partial charge in [0.15, 0.2) is 0 Å². The minimum absolute atomic E-state index is 0.0277. The van der Waals surface area contributed by atoms with Crippen molar-refractivity contribution in [2.24, 2.45) is 0 Å². The van der Waals surface area contributed by atoms with E-state index in [0.717, 1.165) is 22.8 Å². The Morgan fingerprint density at radius 2 is 1.91 bits per heavy atom. The van der Waals surface area contributed by atoms with Crippen molar-refractivity contribution in [1.29, 1.82) is 0 Å². The number of aliphatic hydroxyl groups excluding tert-OH is 1. The Kier molecular flexibility index (Phi) is 6.30. The summed E-state index contributed by atoms with van der Waals surface area (Å²) in [6.07, 6.45) is -0.463. The first-order valence-electron chi connectivity index (χ1n) is 7.81. The zero-order chi connectivity index (χ0) is 17.0. The summed E-state index contributed by atoms with van der Waals surface area (Å²) in [6.45, 7) is 7.40. The standard InChI is InChI=1S/C18H26N2O2S/c1-12-6-13(2)8-15(7-12)17(21)10-20(4)9-16-11-23-18(19-16)14(3)22-5/h6-8,11,14,17,21H,9-10H2,1-5H3. The Labute approximate surface area is 142 Å². The number of likely N-dealkylation sites (N-methyl/N-ethyl adjacent to an activating group) is 1. The van der Waals surface area contributed by atoms with Gasteiger partial charge in [0.05, 0.1) is 11.8 Å². The fraction of sp³-hybridized carbons (Fsp3) is 0.500. The summed E-state index contributed by atoms with van der Waals surface area (Å²) in [5, 5.41) is 13.5. The molecule has 0 aliphatic rings. The number of aliphatic hydroxyl groups is 1. The molecular weight excluding hydrogens is 308 g/mol. The van der Waals surface area contributed by atoms with Crippen LogP contribution in [0.4, 0.5) is 0 Å². The van der Waals surface area contributed by atoms with E-state index in [1.165, 1.54) is 11.1 Å². The molecule has 4 nitrogen and oxygen atoms in total. The molecule has 1 aromatic heterocycles. The maximum absolute atomic E-state index is 10.5. The average Bonchev–Trinajstić information content (AvgIpc) is 2.93. The highest BCUT2D eigenvalue weighted by molar-refractivity contribution is 7.09. The van der Waals surface area contributed by atoms with Gasteiger partial charge < -0.3 is 9.84 Å². The lowest BCUT2D eigenvalue weighted by Gasteiger charge is -2.20. The van der Waals surface area contributed by atoms with Gasteiger partial charge in [0.1, 0.15) is 11.1 Å². The van der Waals surface area contributed by atoms with Crippen LogP contribution in [0.1, 0.15) is 46.5 Å². The largest absolute Gasteiger partial charge is 0.387 e. The smallest absolute Gasteiger partial charge is 0.122 e. The Balaban J connectivity index is 1.95. The summed E-state index contributed by atoms with van der Waals surface area (Å²) >= 11 is 1.62. The second-order valence-electron chi connectivity index (χ2n) is 6.19. The molecule has 0 saturated heterocycles. The predicted octanol–water partition coefficient (Wildman–Crippen LogP) is 3.63. The monoisotopic (exact) mass is 334 g/mol. The van der Waals surface area contributed by atoms with Gasteiger partial charge in [-0.05, 0) is 33.4 Å². The van der Waals surface area contributed by atoms with Crippen LogP contribution in [0, 0.1) is 13.8 Å². The van der Waals surface area contributed by atoms with Crippen LogP contribution in [0.15, 0.2) is 23.6 Å². The molecular formula is C18H26N2O2S. The predicted molar refractivity (Wildman–Crippen MR) is 94.7 cm³/mol. The van der Waals surface area contributed by atoms with E-state index in [-0.39, 0.29) is 6.10 Å². The van der Waals surface area contributed by atoms with Crippen LogP contribution >= 0.6 is 11.3 Å². The lowest BCUT2D eigenvalue weighted by molar-refractivity contribution is 0.117. The third kappa shape index (κ3) is 5.11. The molecule has 1 N–H and O–H groups in total. The second kappa shape index (κ2) is 8.02. The molecule has 2 rings (SSSR count). The van der Waals surface area contributed by atoms with E-state index in [1.807, 2.05) is 26.1 Å². The summed E-state index contributed by atoms with van der Waals surface area (Å²) in [7, 11) is 3.70. The maximum Gasteiger partial charge on any atom is 0.122 e. The highest BCUT2D eigenvalue weighted by Crippen LogP contribution is 2.22. The summed E-state index contributed by atoms with van der Waals surface area (Å²) in [5.41, 5.74) is 4.35. The van der Waals surface area contributed by atoms with Crippen molar-refractivity contribution >= 4 is 11.3 Å². The van der Waals surface area contributed by atoms with Crippen LogP contribution in [-0.2, 0) is 11.3 Å². The van der Waals surface area contributed by atoms with E-state index in [0.29, 0.717) is 6.54 Å². The minimum Gasteiger partial charge on any atom is -0.387 e. The molecule has 1 aromatic carbocycles. The Morgan fingerprint density at radius 1 is 1.26 bits per heavy atom. The fourth-order valence-electron chi connectivity index (χ4n) is 2.63. The molecule has 0 fully saturated rings. The fourth-order valence-corrected chi connectivity index (χ4v) is 3.47. The molecule has 0 bridgehead atoms. The minimum atomic E-state index is -0.491. The van der Waals surface area contributed by atoms with E-state index in [4.69, 9.17) is 4.74 Å². The highest BCUT2D eigenvalue weighted by atomic mass is 32.1. The van der Waals surface area contributed by atoms with Crippen molar-refractivity contribution in [3.63, 3.8) is 0 Å². The van der Waals surface area contributed by atoms with Crippen molar-refractivity contribution < 1.29 is 9.84 Å². The van der Waals surface area contributed by atoms with E-state index in [9.17, 15) is 5.11 Å². The third-order valence-electron chi connectivity index (χ3n) is 3.82. The van der Waals surface area contributed by atoms with Gasteiger partial charge in [-0.1, -0.05) is 29.3 Å². The molecule has 0 amide bonds.